The van der Waals surface area contributed by atoms with Crippen LogP contribution in [0.5, 0.6) is 5.75 Å². The minimum atomic E-state index is -3.73. The second kappa shape index (κ2) is 9.51. The van der Waals surface area contributed by atoms with Crippen molar-refractivity contribution in [1.82, 2.24) is 10.5 Å². The monoisotopic (exact) mass is 463 g/mol. The van der Waals surface area contributed by atoms with Gasteiger partial charge in [0, 0.05) is 11.6 Å². The van der Waals surface area contributed by atoms with Crippen LogP contribution in [0.3, 0.4) is 0 Å². The number of carbonyl (C=O) groups is 1. The molecule has 0 saturated carbocycles. The van der Waals surface area contributed by atoms with E-state index in [4.69, 9.17) is 26.0 Å². The van der Waals surface area contributed by atoms with Crippen LogP contribution in [-0.2, 0) is 23.1 Å². The van der Waals surface area contributed by atoms with Crippen molar-refractivity contribution in [2.45, 2.75) is 31.8 Å². The standard InChI is InChI=1S/C21H22ClN3O5S/c1-13-19(14(2)30-25-13)12-29-20-8-5-16(22)11-18(20)21(26)24-10-9-15-3-6-17(7-4-15)31(23,27)28/h3-8,11H,9-10,12H2,1-2H3,(H,24,26)(H2,23,27,28). The molecule has 0 spiro atoms. The van der Waals surface area contributed by atoms with E-state index in [0.717, 1.165) is 16.8 Å². The molecule has 2 aromatic carbocycles. The molecule has 0 atom stereocenters. The number of nitrogens with one attached hydrogen (secondary N) is 1. The molecule has 0 saturated heterocycles. The van der Waals surface area contributed by atoms with E-state index in [9.17, 15) is 13.2 Å². The Labute approximate surface area is 185 Å². The predicted octanol–water partition coefficient (Wildman–Crippen LogP) is 3.14. The lowest BCUT2D eigenvalue weighted by atomic mass is 10.1. The van der Waals surface area contributed by atoms with Gasteiger partial charge in [-0.05, 0) is 56.2 Å². The molecule has 1 heterocycles. The molecule has 0 aliphatic carbocycles. The summed E-state index contributed by atoms with van der Waals surface area (Å²) in [6, 6.07) is 11.0. The molecule has 0 bridgehead atoms. The summed E-state index contributed by atoms with van der Waals surface area (Å²) in [5, 5.41) is 12.2. The summed E-state index contributed by atoms with van der Waals surface area (Å²) in [5.41, 5.74) is 2.72. The molecule has 1 aromatic heterocycles. The molecule has 164 valence electrons. The van der Waals surface area contributed by atoms with Crippen molar-refractivity contribution in [1.29, 1.82) is 0 Å². The molecule has 0 fully saturated rings. The van der Waals surface area contributed by atoms with Crippen molar-refractivity contribution in [2.75, 3.05) is 6.54 Å². The maximum Gasteiger partial charge on any atom is 0.255 e. The SMILES string of the molecule is Cc1noc(C)c1COc1ccc(Cl)cc1C(=O)NCCc1ccc(S(N)(=O)=O)cc1. The Kier molecular flexibility index (Phi) is 6.99. The summed E-state index contributed by atoms with van der Waals surface area (Å²) < 4.78 is 33.6. The van der Waals surface area contributed by atoms with E-state index < -0.39 is 10.0 Å². The molecule has 0 aliphatic rings. The maximum atomic E-state index is 12.7. The molecule has 3 aromatic rings. The van der Waals surface area contributed by atoms with Gasteiger partial charge in [0.1, 0.15) is 18.1 Å². The van der Waals surface area contributed by atoms with Crippen LogP contribution in [0.4, 0.5) is 0 Å². The van der Waals surface area contributed by atoms with E-state index in [1.54, 1.807) is 37.3 Å². The molecule has 0 radical (unpaired) electrons. The first-order valence-electron chi connectivity index (χ1n) is 9.39. The number of hydrogen-bond donors (Lipinski definition) is 2. The van der Waals surface area contributed by atoms with Gasteiger partial charge in [-0.25, -0.2) is 13.6 Å². The number of halogens is 1. The number of sulfonamides is 1. The first-order chi connectivity index (χ1) is 14.6. The smallest absolute Gasteiger partial charge is 0.255 e. The first kappa shape index (κ1) is 22.8. The van der Waals surface area contributed by atoms with E-state index in [1.165, 1.54) is 12.1 Å². The summed E-state index contributed by atoms with van der Waals surface area (Å²) in [5.74, 6) is 0.711. The Morgan fingerprint density at radius 3 is 2.52 bits per heavy atom. The fraction of sp³-hybridized carbons (Fsp3) is 0.238. The lowest BCUT2D eigenvalue weighted by molar-refractivity contribution is 0.0949. The number of nitrogens with two attached hydrogens (primary N) is 1. The van der Waals surface area contributed by atoms with Gasteiger partial charge in [0.25, 0.3) is 5.91 Å². The summed E-state index contributed by atoms with van der Waals surface area (Å²) in [6.45, 7) is 4.16. The number of carbonyl (C=O) groups excluding carboxylic acids is 1. The highest BCUT2D eigenvalue weighted by atomic mass is 35.5. The summed E-state index contributed by atoms with van der Waals surface area (Å²) in [4.78, 5) is 12.8. The quantitative estimate of drug-likeness (QED) is 0.528. The van der Waals surface area contributed by atoms with Crippen LogP contribution >= 0.6 is 11.6 Å². The Balaban J connectivity index is 1.64. The normalized spacial score (nSPS) is 11.4. The van der Waals surface area contributed by atoms with E-state index in [1.807, 2.05) is 6.92 Å². The molecule has 3 rings (SSSR count). The van der Waals surface area contributed by atoms with Crippen LogP contribution < -0.4 is 15.2 Å². The van der Waals surface area contributed by atoms with Crippen LogP contribution in [0.1, 0.15) is 32.9 Å². The van der Waals surface area contributed by atoms with Crippen molar-refractivity contribution in [3.8, 4) is 5.75 Å². The summed E-state index contributed by atoms with van der Waals surface area (Å²) in [6.07, 6.45) is 0.506. The van der Waals surface area contributed by atoms with Gasteiger partial charge in [-0.3, -0.25) is 4.79 Å². The highest BCUT2D eigenvalue weighted by Crippen LogP contribution is 2.25. The van der Waals surface area contributed by atoms with Crippen molar-refractivity contribution in [3.63, 3.8) is 0 Å². The second-order valence-electron chi connectivity index (χ2n) is 6.93. The van der Waals surface area contributed by atoms with Crippen molar-refractivity contribution in [3.05, 3.63) is 75.6 Å². The summed E-state index contributed by atoms with van der Waals surface area (Å²) >= 11 is 6.07. The second-order valence-corrected chi connectivity index (χ2v) is 8.92. The highest BCUT2D eigenvalue weighted by Gasteiger charge is 2.16. The molecule has 10 heteroatoms. The molecule has 0 aliphatic heterocycles. The molecular formula is C21H22ClN3O5S. The van der Waals surface area contributed by atoms with Gasteiger partial charge in [-0.15, -0.1) is 0 Å². The fourth-order valence-corrected chi connectivity index (χ4v) is 3.61. The van der Waals surface area contributed by atoms with Crippen molar-refractivity contribution in [2.24, 2.45) is 5.14 Å². The summed E-state index contributed by atoms with van der Waals surface area (Å²) in [7, 11) is -3.73. The number of hydrogen-bond acceptors (Lipinski definition) is 6. The molecule has 1 amide bonds. The van der Waals surface area contributed by atoms with Crippen LogP contribution in [0.15, 0.2) is 51.9 Å². The average Bonchev–Trinajstić information content (AvgIpc) is 3.04. The molecule has 31 heavy (non-hydrogen) atoms. The van der Waals surface area contributed by atoms with Gasteiger partial charge in [0.15, 0.2) is 0 Å². The van der Waals surface area contributed by atoms with Crippen LogP contribution in [0.2, 0.25) is 5.02 Å². The van der Waals surface area contributed by atoms with E-state index in [0.29, 0.717) is 35.1 Å². The zero-order valence-electron chi connectivity index (χ0n) is 17.0. The van der Waals surface area contributed by atoms with Gasteiger partial charge in [0.2, 0.25) is 10.0 Å². The van der Waals surface area contributed by atoms with E-state index in [-0.39, 0.29) is 17.4 Å². The van der Waals surface area contributed by atoms with E-state index >= 15 is 0 Å². The van der Waals surface area contributed by atoms with Crippen molar-refractivity contribution < 1.29 is 22.5 Å². The number of amides is 1. The van der Waals surface area contributed by atoms with Crippen molar-refractivity contribution >= 4 is 27.5 Å². The van der Waals surface area contributed by atoms with E-state index in [2.05, 4.69) is 10.5 Å². The zero-order valence-corrected chi connectivity index (χ0v) is 18.6. The third kappa shape index (κ3) is 5.84. The highest BCUT2D eigenvalue weighted by molar-refractivity contribution is 7.89. The largest absolute Gasteiger partial charge is 0.488 e. The molecular weight excluding hydrogens is 442 g/mol. The fourth-order valence-electron chi connectivity index (χ4n) is 2.92. The molecule has 0 unspecified atom stereocenters. The lowest BCUT2D eigenvalue weighted by Crippen LogP contribution is -2.26. The topological polar surface area (TPSA) is 125 Å². The number of aryl methyl sites for hydroxylation is 2. The van der Waals surface area contributed by atoms with Crippen LogP contribution in [0.25, 0.3) is 0 Å². The first-order valence-corrected chi connectivity index (χ1v) is 11.3. The lowest BCUT2D eigenvalue weighted by Gasteiger charge is -2.12. The maximum absolute atomic E-state index is 12.7. The van der Waals surface area contributed by atoms with Gasteiger partial charge < -0.3 is 14.6 Å². The van der Waals surface area contributed by atoms with Gasteiger partial charge in [0.05, 0.1) is 21.7 Å². The number of aromatic nitrogens is 1. The Morgan fingerprint density at radius 2 is 1.90 bits per heavy atom. The predicted molar refractivity (Wildman–Crippen MR) is 116 cm³/mol. The van der Waals surface area contributed by atoms with Gasteiger partial charge in [-0.2, -0.15) is 0 Å². The third-order valence-electron chi connectivity index (χ3n) is 4.69. The number of rotatable bonds is 8. The average molecular weight is 464 g/mol. The van der Waals surface area contributed by atoms with Crippen LogP contribution in [0, 0.1) is 13.8 Å². The number of primary sulfonamides is 1. The third-order valence-corrected chi connectivity index (χ3v) is 5.85. The number of benzene rings is 2. The zero-order chi connectivity index (χ0) is 22.6. The number of ether oxygens (including phenoxy) is 1. The molecule has 3 N–H and O–H groups in total. The Bertz CT molecular complexity index is 1170. The Morgan fingerprint density at radius 1 is 1.19 bits per heavy atom. The minimum absolute atomic E-state index is 0.0410. The van der Waals surface area contributed by atoms with Gasteiger partial charge >= 0.3 is 0 Å². The Hall–Kier alpha value is -2.88. The minimum Gasteiger partial charge on any atom is -0.488 e. The number of nitrogens with zero attached hydrogens (tertiary/aromatic N) is 1. The van der Waals surface area contributed by atoms with Gasteiger partial charge in [-0.1, -0.05) is 28.9 Å². The molecule has 8 nitrogen and oxygen atoms in total. The van der Waals surface area contributed by atoms with Crippen LogP contribution in [-0.4, -0.2) is 26.0 Å².